The van der Waals surface area contributed by atoms with Crippen molar-refractivity contribution in [3.63, 3.8) is 0 Å². The summed E-state index contributed by atoms with van der Waals surface area (Å²) in [6, 6.07) is 0. The molecule has 0 aromatic carbocycles. The summed E-state index contributed by atoms with van der Waals surface area (Å²) in [6.07, 6.45) is 0.111. The first kappa shape index (κ1) is 25.7. The molecule has 0 rings (SSSR count). The Bertz CT molecular complexity index is 262. The van der Waals surface area contributed by atoms with E-state index in [-0.39, 0.29) is 13.2 Å². The van der Waals surface area contributed by atoms with Crippen LogP contribution in [0.2, 0.25) is 0 Å². The maximum atomic E-state index is 9.93. The summed E-state index contributed by atoms with van der Waals surface area (Å²) in [4.78, 5) is 0. The van der Waals surface area contributed by atoms with Crippen molar-refractivity contribution in [2.24, 2.45) is 0 Å². The van der Waals surface area contributed by atoms with Crippen molar-refractivity contribution in [3.05, 3.63) is 0 Å². The molecule has 0 saturated carbocycles. The standard InChI is InChI=1S/C4H10O4S.C4H10O3.C4H10O/c1-3-4(2)8-9(5,6)7;5-1-3-7-4-2-6;1-3-5-4-2/h4H,3H2,1-2H3,(H,5,6,7);5-6H,1-4H2;3-4H2,1-2H3. The fourth-order valence-corrected chi connectivity index (χ4v) is 1.26. The van der Waals surface area contributed by atoms with Gasteiger partial charge in [-0.05, 0) is 27.2 Å². The SMILES string of the molecule is CCC(C)OS(=O)(=O)O.CCOCC.OCCOCCO. The van der Waals surface area contributed by atoms with E-state index < -0.39 is 16.5 Å². The average molecular weight is 334 g/mol. The molecule has 1 unspecified atom stereocenters. The average Bonchev–Trinajstić information content (AvgIpc) is 2.40. The Kier molecular flexibility index (Phi) is 24.1. The molecule has 0 aliphatic carbocycles. The van der Waals surface area contributed by atoms with Crippen LogP contribution in [0.4, 0.5) is 0 Å². The molecule has 3 N–H and O–H groups in total. The summed E-state index contributed by atoms with van der Waals surface area (Å²) in [5.74, 6) is 0. The van der Waals surface area contributed by atoms with Gasteiger partial charge in [0.15, 0.2) is 0 Å². The Morgan fingerprint density at radius 3 is 1.52 bits per heavy atom. The van der Waals surface area contributed by atoms with Gasteiger partial charge in [0.05, 0.1) is 32.5 Å². The van der Waals surface area contributed by atoms with Crippen LogP contribution in [0, 0.1) is 0 Å². The van der Waals surface area contributed by atoms with Crippen molar-refractivity contribution in [2.75, 3.05) is 39.6 Å². The van der Waals surface area contributed by atoms with E-state index in [9.17, 15) is 8.42 Å². The van der Waals surface area contributed by atoms with E-state index in [1.165, 1.54) is 0 Å². The minimum absolute atomic E-state index is 0.0278. The van der Waals surface area contributed by atoms with Gasteiger partial charge in [0.1, 0.15) is 0 Å². The number of rotatable bonds is 9. The largest absolute Gasteiger partial charge is 0.397 e. The molecular weight excluding hydrogens is 304 g/mol. The summed E-state index contributed by atoms with van der Waals surface area (Å²) in [7, 11) is -4.24. The van der Waals surface area contributed by atoms with Gasteiger partial charge < -0.3 is 19.7 Å². The Balaban J connectivity index is -0.000000242. The quantitative estimate of drug-likeness (QED) is 0.414. The minimum atomic E-state index is -4.24. The lowest BCUT2D eigenvalue weighted by Gasteiger charge is -2.04. The van der Waals surface area contributed by atoms with Gasteiger partial charge >= 0.3 is 10.4 Å². The summed E-state index contributed by atoms with van der Waals surface area (Å²) in [5.41, 5.74) is 0. The number of hydrogen-bond acceptors (Lipinski definition) is 7. The van der Waals surface area contributed by atoms with Crippen molar-refractivity contribution in [1.82, 2.24) is 0 Å². The number of aliphatic hydroxyl groups excluding tert-OH is 2. The van der Waals surface area contributed by atoms with Crippen LogP contribution < -0.4 is 0 Å². The zero-order valence-corrected chi connectivity index (χ0v) is 14.1. The van der Waals surface area contributed by atoms with Crippen LogP contribution in [0.25, 0.3) is 0 Å². The first-order chi connectivity index (χ1) is 9.78. The molecule has 0 aromatic heterocycles. The van der Waals surface area contributed by atoms with Gasteiger partial charge in [-0.2, -0.15) is 8.42 Å². The molecule has 1 atom stereocenters. The molecule has 0 radical (unpaired) electrons. The second-order valence-corrected chi connectivity index (χ2v) is 4.63. The molecule has 132 valence electrons. The van der Waals surface area contributed by atoms with Crippen LogP contribution in [0.1, 0.15) is 34.1 Å². The summed E-state index contributed by atoms with van der Waals surface area (Å²) in [5, 5.41) is 16.2. The third-order valence-electron chi connectivity index (χ3n) is 1.74. The normalized spacial score (nSPS) is 11.8. The molecule has 0 spiro atoms. The number of hydrogen-bond donors (Lipinski definition) is 3. The maximum absolute atomic E-state index is 9.93. The van der Waals surface area contributed by atoms with Crippen LogP contribution in [0.5, 0.6) is 0 Å². The first-order valence-electron chi connectivity index (χ1n) is 6.81. The van der Waals surface area contributed by atoms with Gasteiger partial charge in [-0.1, -0.05) is 6.92 Å². The second kappa shape index (κ2) is 19.7. The van der Waals surface area contributed by atoms with Crippen molar-refractivity contribution in [3.8, 4) is 0 Å². The van der Waals surface area contributed by atoms with Crippen molar-refractivity contribution in [2.45, 2.75) is 40.2 Å². The first-order valence-corrected chi connectivity index (χ1v) is 8.18. The van der Waals surface area contributed by atoms with Gasteiger partial charge in [-0.25, -0.2) is 4.18 Å². The molecule has 0 saturated heterocycles. The Morgan fingerprint density at radius 1 is 0.952 bits per heavy atom. The molecule has 0 aliphatic heterocycles. The van der Waals surface area contributed by atoms with Crippen LogP contribution in [0.15, 0.2) is 0 Å². The van der Waals surface area contributed by atoms with E-state index in [1.807, 2.05) is 13.8 Å². The van der Waals surface area contributed by atoms with Gasteiger partial charge in [0, 0.05) is 13.2 Å². The topological polar surface area (TPSA) is 123 Å². The van der Waals surface area contributed by atoms with E-state index in [1.54, 1.807) is 13.8 Å². The monoisotopic (exact) mass is 334 g/mol. The number of ether oxygens (including phenoxy) is 2. The lowest BCUT2D eigenvalue weighted by atomic mass is 10.3. The van der Waals surface area contributed by atoms with Crippen LogP contribution >= 0.6 is 0 Å². The number of aliphatic hydroxyl groups is 2. The molecule has 0 amide bonds. The molecule has 0 bridgehead atoms. The van der Waals surface area contributed by atoms with Gasteiger partial charge in [-0.3, -0.25) is 4.55 Å². The molecule has 0 aromatic rings. The molecule has 0 heterocycles. The van der Waals surface area contributed by atoms with E-state index in [2.05, 4.69) is 8.92 Å². The van der Waals surface area contributed by atoms with Crippen LogP contribution in [-0.2, 0) is 24.1 Å². The third kappa shape index (κ3) is 38.3. The molecule has 8 nitrogen and oxygen atoms in total. The summed E-state index contributed by atoms with van der Waals surface area (Å²) < 4.78 is 41.5. The highest BCUT2D eigenvalue weighted by molar-refractivity contribution is 7.80. The fraction of sp³-hybridized carbons (Fsp3) is 1.00. The summed E-state index contributed by atoms with van der Waals surface area (Å²) >= 11 is 0. The van der Waals surface area contributed by atoms with Crippen molar-refractivity contribution < 1.29 is 36.8 Å². The lowest BCUT2D eigenvalue weighted by Crippen LogP contribution is -2.12. The zero-order chi connectivity index (χ0) is 17.1. The van der Waals surface area contributed by atoms with E-state index >= 15 is 0 Å². The predicted molar refractivity (Wildman–Crippen MR) is 79.5 cm³/mol. The smallest absolute Gasteiger partial charge is 0.394 e. The van der Waals surface area contributed by atoms with Crippen molar-refractivity contribution >= 4 is 10.4 Å². The highest BCUT2D eigenvalue weighted by Crippen LogP contribution is 1.99. The van der Waals surface area contributed by atoms with Crippen LogP contribution in [0.3, 0.4) is 0 Å². The van der Waals surface area contributed by atoms with Gasteiger partial charge in [-0.15, -0.1) is 0 Å². The molecule has 21 heavy (non-hydrogen) atoms. The van der Waals surface area contributed by atoms with E-state index in [4.69, 9.17) is 19.5 Å². The summed E-state index contributed by atoms with van der Waals surface area (Å²) in [6.45, 7) is 9.69. The highest BCUT2D eigenvalue weighted by Gasteiger charge is 2.08. The molecular formula is C12H30O8S. The molecule has 9 heteroatoms. The third-order valence-corrected chi connectivity index (χ3v) is 2.31. The van der Waals surface area contributed by atoms with E-state index in [0.29, 0.717) is 19.6 Å². The maximum Gasteiger partial charge on any atom is 0.397 e. The second-order valence-electron chi connectivity index (χ2n) is 3.58. The Labute approximate surface area is 128 Å². The lowest BCUT2D eigenvalue weighted by molar-refractivity contribution is 0.0650. The molecule has 0 fully saturated rings. The predicted octanol–water partition coefficient (Wildman–Crippen LogP) is 0.635. The zero-order valence-electron chi connectivity index (χ0n) is 13.3. The van der Waals surface area contributed by atoms with E-state index in [0.717, 1.165) is 13.2 Å². The van der Waals surface area contributed by atoms with Crippen molar-refractivity contribution in [1.29, 1.82) is 0 Å². The molecule has 0 aliphatic rings. The van der Waals surface area contributed by atoms with Gasteiger partial charge in [0.25, 0.3) is 0 Å². The van der Waals surface area contributed by atoms with Gasteiger partial charge in [0.2, 0.25) is 0 Å². The Hall–Kier alpha value is -0.290. The highest BCUT2D eigenvalue weighted by atomic mass is 32.3. The van der Waals surface area contributed by atoms with Crippen LogP contribution in [-0.4, -0.2) is 68.9 Å². The minimum Gasteiger partial charge on any atom is -0.394 e. The Morgan fingerprint density at radius 2 is 1.38 bits per heavy atom. The fourth-order valence-electron chi connectivity index (χ4n) is 0.711.